The van der Waals surface area contributed by atoms with Crippen LogP contribution < -0.4 is 5.32 Å². The minimum atomic E-state index is -3.14. The van der Waals surface area contributed by atoms with E-state index < -0.39 is 10.0 Å². The zero-order valence-electron chi connectivity index (χ0n) is 9.57. The van der Waals surface area contributed by atoms with Gasteiger partial charge in [-0.05, 0) is 12.8 Å². The van der Waals surface area contributed by atoms with E-state index in [1.54, 1.807) is 0 Å². The molecule has 1 saturated heterocycles. The molecule has 3 rings (SSSR count). The summed E-state index contributed by atoms with van der Waals surface area (Å²) in [6.07, 6.45) is 2.85. The SMILES string of the molecule is O=C(Nc1ccon1)C1CN(S(=O)(=O)C2CC2)C1. The van der Waals surface area contributed by atoms with Crippen LogP contribution in [0.15, 0.2) is 16.9 Å². The maximum Gasteiger partial charge on any atom is 0.231 e. The number of sulfonamides is 1. The Bertz CT molecular complexity index is 544. The molecule has 0 atom stereocenters. The molecule has 0 unspecified atom stereocenters. The van der Waals surface area contributed by atoms with Crippen LogP contribution in [0, 0.1) is 5.92 Å². The Morgan fingerprint density at radius 2 is 2.17 bits per heavy atom. The van der Waals surface area contributed by atoms with Crippen LogP contribution in [0.4, 0.5) is 5.82 Å². The van der Waals surface area contributed by atoms with E-state index in [1.807, 2.05) is 0 Å². The molecule has 1 aromatic rings. The van der Waals surface area contributed by atoms with Crippen LogP contribution in [0.3, 0.4) is 0 Å². The molecule has 1 aromatic heterocycles. The number of aromatic nitrogens is 1. The van der Waals surface area contributed by atoms with Crippen molar-refractivity contribution < 1.29 is 17.7 Å². The van der Waals surface area contributed by atoms with Crippen LogP contribution in [0.2, 0.25) is 0 Å². The monoisotopic (exact) mass is 271 g/mol. The molecular formula is C10H13N3O4S. The van der Waals surface area contributed by atoms with E-state index in [1.165, 1.54) is 16.6 Å². The first-order valence-corrected chi connectivity index (χ1v) is 7.28. The van der Waals surface area contributed by atoms with Crippen LogP contribution in [0.25, 0.3) is 0 Å². The van der Waals surface area contributed by atoms with Gasteiger partial charge in [0.25, 0.3) is 0 Å². The summed E-state index contributed by atoms with van der Waals surface area (Å²) in [4.78, 5) is 11.7. The summed E-state index contributed by atoms with van der Waals surface area (Å²) in [6.45, 7) is 0.533. The maximum absolute atomic E-state index is 11.8. The molecular weight excluding hydrogens is 258 g/mol. The molecule has 0 spiro atoms. The lowest BCUT2D eigenvalue weighted by molar-refractivity contribution is -0.122. The lowest BCUT2D eigenvalue weighted by Gasteiger charge is -2.36. The van der Waals surface area contributed by atoms with Crippen LogP contribution in [0.5, 0.6) is 0 Å². The Morgan fingerprint density at radius 3 is 2.72 bits per heavy atom. The highest BCUT2D eigenvalue weighted by Gasteiger charge is 2.46. The summed E-state index contributed by atoms with van der Waals surface area (Å²) < 4.78 is 29.6. The van der Waals surface area contributed by atoms with Crippen molar-refractivity contribution in [3.05, 3.63) is 12.3 Å². The van der Waals surface area contributed by atoms with E-state index in [0.29, 0.717) is 5.82 Å². The Hall–Kier alpha value is -1.41. The predicted octanol–water partition coefficient (Wildman–Crippen LogP) is 0.0371. The largest absolute Gasteiger partial charge is 0.363 e. The molecule has 98 valence electrons. The molecule has 18 heavy (non-hydrogen) atoms. The number of anilines is 1. The smallest absolute Gasteiger partial charge is 0.231 e. The predicted molar refractivity (Wildman–Crippen MR) is 62.1 cm³/mol. The average Bonchev–Trinajstić information content (AvgIpc) is 2.98. The van der Waals surface area contributed by atoms with Crippen LogP contribution in [0.1, 0.15) is 12.8 Å². The summed E-state index contributed by atoms with van der Waals surface area (Å²) >= 11 is 0. The highest BCUT2D eigenvalue weighted by Crippen LogP contribution is 2.34. The van der Waals surface area contributed by atoms with Gasteiger partial charge in [-0.2, -0.15) is 4.31 Å². The normalized spacial score (nSPS) is 21.6. The van der Waals surface area contributed by atoms with E-state index in [0.717, 1.165) is 12.8 Å². The fourth-order valence-electron chi connectivity index (χ4n) is 1.89. The topological polar surface area (TPSA) is 92.5 Å². The van der Waals surface area contributed by atoms with E-state index in [4.69, 9.17) is 0 Å². The zero-order valence-corrected chi connectivity index (χ0v) is 10.4. The van der Waals surface area contributed by atoms with Gasteiger partial charge in [0.15, 0.2) is 5.82 Å². The van der Waals surface area contributed by atoms with Crippen molar-refractivity contribution in [3.63, 3.8) is 0 Å². The first kappa shape index (κ1) is 11.7. The number of carbonyl (C=O) groups excluding carboxylic acids is 1. The molecule has 8 heteroatoms. The van der Waals surface area contributed by atoms with Gasteiger partial charge < -0.3 is 9.84 Å². The molecule has 2 heterocycles. The fraction of sp³-hybridized carbons (Fsp3) is 0.600. The first-order valence-electron chi connectivity index (χ1n) is 5.77. The number of carbonyl (C=O) groups is 1. The quantitative estimate of drug-likeness (QED) is 0.834. The van der Waals surface area contributed by atoms with Gasteiger partial charge in [-0.15, -0.1) is 0 Å². The summed E-state index contributed by atoms with van der Waals surface area (Å²) in [5.41, 5.74) is 0. The van der Waals surface area contributed by atoms with Gasteiger partial charge in [0.1, 0.15) is 6.26 Å². The van der Waals surface area contributed by atoms with Gasteiger partial charge in [0.2, 0.25) is 15.9 Å². The number of hydrogen-bond acceptors (Lipinski definition) is 5. The number of rotatable bonds is 4. The van der Waals surface area contributed by atoms with E-state index in [9.17, 15) is 13.2 Å². The van der Waals surface area contributed by atoms with Gasteiger partial charge in [0.05, 0.1) is 11.2 Å². The highest BCUT2D eigenvalue weighted by molar-refractivity contribution is 7.90. The second-order valence-corrected chi connectivity index (χ2v) is 6.85. The first-order chi connectivity index (χ1) is 8.57. The molecule has 1 amide bonds. The van der Waals surface area contributed by atoms with Gasteiger partial charge in [0, 0.05) is 19.2 Å². The minimum Gasteiger partial charge on any atom is -0.363 e. The third-order valence-electron chi connectivity index (χ3n) is 3.21. The standard InChI is InChI=1S/C10H13N3O4S/c14-10(11-9-3-4-17-12-9)7-5-13(6-7)18(15,16)8-1-2-8/h3-4,7-8H,1-2,5-6H2,(H,11,12,14). The van der Waals surface area contributed by atoms with Crippen molar-refractivity contribution in [1.82, 2.24) is 9.46 Å². The number of hydrogen-bond donors (Lipinski definition) is 1. The third-order valence-corrected chi connectivity index (χ3v) is 5.55. The Labute approximate surface area is 104 Å². The molecule has 1 aliphatic heterocycles. The van der Waals surface area contributed by atoms with E-state index >= 15 is 0 Å². The molecule has 1 N–H and O–H groups in total. The second-order valence-electron chi connectivity index (χ2n) is 4.63. The van der Waals surface area contributed by atoms with Crippen molar-refractivity contribution >= 4 is 21.7 Å². The van der Waals surface area contributed by atoms with Crippen molar-refractivity contribution in [3.8, 4) is 0 Å². The second kappa shape index (κ2) is 4.06. The van der Waals surface area contributed by atoms with E-state index in [2.05, 4.69) is 15.0 Å². The number of amides is 1. The lowest BCUT2D eigenvalue weighted by atomic mass is 10.0. The van der Waals surface area contributed by atoms with Gasteiger partial charge in [-0.3, -0.25) is 4.79 Å². The van der Waals surface area contributed by atoms with Crippen LogP contribution >= 0.6 is 0 Å². The Morgan fingerprint density at radius 1 is 1.44 bits per heavy atom. The van der Waals surface area contributed by atoms with Crippen LogP contribution in [-0.2, 0) is 14.8 Å². The summed E-state index contributed by atoms with van der Waals surface area (Å²) in [7, 11) is -3.14. The molecule has 1 saturated carbocycles. The lowest BCUT2D eigenvalue weighted by Crippen LogP contribution is -2.55. The minimum absolute atomic E-state index is 0.211. The molecule has 2 aliphatic rings. The highest BCUT2D eigenvalue weighted by atomic mass is 32.2. The van der Waals surface area contributed by atoms with Gasteiger partial charge >= 0.3 is 0 Å². The summed E-state index contributed by atoms with van der Waals surface area (Å²) in [6, 6.07) is 1.54. The number of nitrogens with one attached hydrogen (secondary N) is 1. The molecule has 0 aromatic carbocycles. The van der Waals surface area contributed by atoms with E-state index in [-0.39, 0.29) is 30.2 Å². The molecule has 2 fully saturated rings. The molecule has 7 nitrogen and oxygen atoms in total. The van der Waals surface area contributed by atoms with Crippen molar-refractivity contribution in [2.45, 2.75) is 18.1 Å². The van der Waals surface area contributed by atoms with Crippen molar-refractivity contribution in [1.29, 1.82) is 0 Å². The zero-order chi connectivity index (χ0) is 12.8. The number of nitrogens with zero attached hydrogens (tertiary/aromatic N) is 2. The van der Waals surface area contributed by atoms with Crippen molar-refractivity contribution in [2.75, 3.05) is 18.4 Å². The molecule has 1 aliphatic carbocycles. The van der Waals surface area contributed by atoms with Gasteiger partial charge in [-0.25, -0.2) is 8.42 Å². The van der Waals surface area contributed by atoms with Crippen LogP contribution in [-0.4, -0.2) is 42.1 Å². The van der Waals surface area contributed by atoms with Crippen molar-refractivity contribution in [2.24, 2.45) is 5.92 Å². The Balaban J connectivity index is 1.54. The molecule has 0 radical (unpaired) electrons. The summed E-state index contributed by atoms with van der Waals surface area (Å²) in [5.74, 6) is -0.162. The van der Waals surface area contributed by atoms with Gasteiger partial charge in [-0.1, -0.05) is 5.16 Å². The Kier molecular flexibility index (Phi) is 2.63. The summed E-state index contributed by atoms with van der Waals surface area (Å²) in [5, 5.41) is 5.93. The fourth-order valence-corrected chi connectivity index (χ4v) is 3.82. The average molecular weight is 271 g/mol. The third kappa shape index (κ3) is 2.01. The maximum atomic E-state index is 11.8. The molecule has 0 bridgehead atoms.